The fourth-order valence-electron chi connectivity index (χ4n) is 4.33. The minimum Gasteiger partial charge on any atom is -0.495 e. The summed E-state index contributed by atoms with van der Waals surface area (Å²) in [4.78, 5) is 25.2. The highest BCUT2D eigenvalue weighted by Gasteiger charge is 2.36. The van der Waals surface area contributed by atoms with E-state index < -0.39 is 22.0 Å². The lowest BCUT2D eigenvalue weighted by atomic mass is 9.98. The Labute approximate surface area is 199 Å². The summed E-state index contributed by atoms with van der Waals surface area (Å²) < 4.78 is 39.5. The SMILES string of the molecule is CCC1Oc2cc(S(=O)(=O)N3CCCC(C(=O)Nc4ccccc4OC)C3)c(C)cc2NC1=O. The number of carbonyl (C=O) groups is 2. The zero-order valence-corrected chi connectivity index (χ0v) is 20.3. The van der Waals surface area contributed by atoms with E-state index in [0.29, 0.717) is 54.2 Å². The number of ether oxygens (including phenoxy) is 2. The minimum absolute atomic E-state index is 0.0784. The second-order valence-electron chi connectivity index (χ2n) is 8.51. The molecule has 9 nitrogen and oxygen atoms in total. The number of fused-ring (bicyclic) bond motifs is 1. The van der Waals surface area contributed by atoms with Gasteiger partial charge in [0.05, 0.1) is 29.3 Å². The first-order valence-electron chi connectivity index (χ1n) is 11.3. The second-order valence-corrected chi connectivity index (χ2v) is 10.4. The molecule has 2 atom stereocenters. The monoisotopic (exact) mass is 487 g/mol. The summed E-state index contributed by atoms with van der Waals surface area (Å²) in [7, 11) is -2.35. The second kappa shape index (κ2) is 9.63. The van der Waals surface area contributed by atoms with Crippen LogP contribution in [0.1, 0.15) is 31.7 Å². The van der Waals surface area contributed by atoms with Crippen molar-refractivity contribution in [3.63, 3.8) is 0 Å². The van der Waals surface area contributed by atoms with E-state index in [9.17, 15) is 18.0 Å². The average Bonchev–Trinajstić information content (AvgIpc) is 2.83. The predicted octanol–water partition coefficient (Wildman–Crippen LogP) is 3.15. The number of hydrogen-bond acceptors (Lipinski definition) is 6. The van der Waals surface area contributed by atoms with Gasteiger partial charge in [-0.15, -0.1) is 0 Å². The summed E-state index contributed by atoms with van der Waals surface area (Å²) >= 11 is 0. The average molecular weight is 488 g/mol. The Hall–Kier alpha value is -3.11. The number of nitrogens with one attached hydrogen (secondary N) is 2. The first-order chi connectivity index (χ1) is 16.2. The number of piperidine rings is 1. The summed E-state index contributed by atoms with van der Waals surface area (Å²) in [6.45, 7) is 3.91. The van der Waals surface area contributed by atoms with Gasteiger partial charge in [-0.3, -0.25) is 9.59 Å². The van der Waals surface area contributed by atoms with Gasteiger partial charge in [0, 0.05) is 19.2 Å². The molecule has 0 aliphatic carbocycles. The molecular weight excluding hydrogens is 458 g/mol. The van der Waals surface area contributed by atoms with Gasteiger partial charge in [0.1, 0.15) is 11.5 Å². The standard InChI is InChI=1S/C24H29N3O6S/c1-4-19-24(29)26-18-12-15(2)22(13-21(18)33-19)34(30,31)27-11-7-8-16(14-27)23(28)25-17-9-5-6-10-20(17)32-3/h5-6,9-10,12-13,16,19H,4,7-8,11,14H2,1-3H3,(H,25,28)(H,26,29). The number of amides is 2. The Morgan fingerprint density at radius 3 is 2.79 bits per heavy atom. The summed E-state index contributed by atoms with van der Waals surface area (Å²) in [6.07, 6.45) is 0.959. The van der Waals surface area contributed by atoms with Crippen LogP contribution in [0.5, 0.6) is 11.5 Å². The topological polar surface area (TPSA) is 114 Å². The van der Waals surface area contributed by atoms with Gasteiger partial charge in [-0.05, 0) is 49.9 Å². The first-order valence-corrected chi connectivity index (χ1v) is 12.7. The van der Waals surface area contributed by atoms with Crippen LogP contribution in [-0.2, 0) is 19.6 Å². The van der Waals surface area contributed by atoms with E-state index in [4.69, 9.17) is 9.47 Å². The van der Waals surface area contributed by atoms with Crippen LogP contribution < -0.4 is 20.1 Å². The van der Waals surface area contributed by atoms with E-state index >= 15 is 0 Å². The van der Waals surface area contributed by atoms with Crippen LogP contribution in [0.3, 0.4) is 0 Å². The largest absolute Gasteiger partial charge is 0.495 e. The number of nitrogens with zero attached hydrogens (tertiary/aromatic N) is 1. The lowest BCUT2D eigenvalue weighted by Gasteiger charge is -2.32. The molecule has 2 unspecified atom stereocenters. The van der Waals surface area contributed by atoms with Crippen molar-refractivity contribution in [3.05, 3.63) is 42.0 Å². The fraction of sp³-hybridized carbons (Fsp3) is 0.417. The third kappa shape index (κ3) is 4.60. The molecule has 0 radical (unpaired) electrons. The molecule has 2 amide bonds. The highest BCUT2D eigenvalue weighted by atomic mass is 32.2. The van der Waals surface area contributed by atoms with Gasteiger partial charge in [-0.2, -0.15) is 4.31 Å². The number of carbonyl (C=O) groups excluding carboxylic acids is 2. The minimum atomic E-state index is -3.88. The molecule has 2 heterocycles. The number of sulfonamides is 1. The Morgan fingerprint density at radius 2 is 2.06 bits per heavy atom. The van der Waals surface area contributed by atoms with Gasteiger partial charge in [0.2, 0.25) is 15.9 Å². The van der Waals surface area contributed by atoms with Crippen LogP contribution in [0.15, 0.2) is 41.3 Å². The maximum atomic E-state index is 13.6. The van der Waals surface area contributed by atoms with E-state index in [-0.39, 0.29) is 23.3 Å². The number of aryl methyl sites for hydroxylation is 1. The zero-order chi connectivity index (χ0) is 24.5. The quantitative estimate of drug-likeness (QED) is 0.647. The maximum absolute atomic E-state index is 13.6. The Kier molecular flexibility index (Phi) is 6.81. The number of methoxy groups -OCH3 is 1. The Bertz CT molecular complexity index is 1210. The third-order valence-electron chi connectivity index (χ3n) is 6.21. The van der Waals surface area contributed by atoms with Crippen LogP contribution in [0.2, 0.25) is 0 Å². The molecule has 0 aromatic heterocycles. The molecule has 2 aromatic carbocycles. The van der Waals surface area contributed by atoms with Crippen molar-refractivity contribution in [2.75, 3.05) is 30.8 Å². The third-order valence-corrected chi connectivity index (χ3v) is 8.21. The van der Waals surface area contributed by atoms with E-state index in [1.54, 1.807) is 31.2 Å². The molecule has 2 aliphatic heterocycles. The Morgan fingerprint density at radius 1 is 1.29 bits per heavy atom. The lowest BCUT2D eigenvalue weighted by Crippen LogP contribution is -2.44. The molecule has 34 heavy (non-hydrogen) atoms. The smallest absolute Gasteiger partial charge is 0.265 e. The van der Waals surface area contributed by atoms with E-state index in [0.717, 1.165) is 0 Å². The highest BCUT2D eigenvalue weighted by Crippen LogP contribution is 2.37. The van der Waals surface area contributed by atoms with Crippen LogP contribution in [-0.4, -0.2) is 50.8 Å². The first kappa shape index (κ1) is 24.0. The molecular formula is C24H29N3O6S. The molecule has 2 aromatic rings. The van der Waals surface area contributed by atoms with E-state index in [1.165, 1.54) is 17.5 Å². The van der Waals surface area contributed by atoms with Gasteiger partial charge in [0.25, 0.3) is 5.91 Å². The fourth-order valence-corrected chi connectivity index (χ4v) is 6.07. The van der Waals surface area contributed by atoms with Crippen molar-refractivity contribution in [3.8, 4) is 11.5 Å². The van der Waals surface area contributed by atoms with E-state index in [1.807, 2.05) is 13.0 Å². The number of rotatable bonds is 6. The number of anilines is 2. The highest BCUT2D eigenvalue weighted by molar-refractivity contribution is 7.89. The molecule has 182 valence electrons. The van der Waals surface area contributed by atoms with Gasteiger partial charge in [0.15, 0.2) is 6.10 Å². The number of benzene rings is 2. The van der Waals surface area contributed by atoms with Crippen molar-refractivity contribution >= 4 is 33.2 Å². The molecule has 0 spiro atoms. The molecule has 1 fully saturated rings. The molecule has 0 bridgehead atoms. The van der Waals surface area contributed by atoms with Crippen LogP contribution in [0.4, 0.5) is 11.4 Å². The summed E-state index contributed by atoms with van der Waals surface area (Å²) in [6, 6.07) is 10.2. The molecule has 1 saturated heterocycles. The van der Waals surface area contributed by atoms with Crippen molar-refractivity contribution in [1.82, 2.24) is 4.31 Å². The van der Waals surface area contributed by atoms with Gasteiger partial charge < -0.3 is 20.1 Å². The zero-order valence-electron chi connectivity index (χ0n) is 19.5. The van der Waals surface area contributed by atoms with Crippen molar-refractivity contribution < 1.29 is 27.5 Å². The Balaban J connectivity index is 1.55. The van der Waals surface area contributed by atoms with Crippen LogP contribution in [0.25, 0.3) is 0 Å². The van der Waals surface area contributed by atoms with Crippen LogP contribution >= 0.6 is 0 Å². The summed E-state index contributed by atoms with van der Waals surface area (Å²) in [5, 5.41) is 5.64. The molecule has 10 heteroatoms. The number of para-hydroxylation sites is 2. The number of hydrogen-bond donors (Lipinski definition) is 2. The predicted molar refractivity (Wildman–Crippen MR) is 128 cm³/mol. The summed E-state index contributed by atoms with van der Waals surface area (Å²) in [5.74, 6) is -0.115. The van der Waals surface area contributed by atoms with Crippen molar-refractivity contribution in [1.29, 1.82) is 0 Å². The van der Waals surface area contributed by atoms with Crippen molar-refractivity contribution in [2.45, 2.75) is 44.1 Å². The molecule has 2 N–H and O–H groups in total. The van der Waals surface area contributed by atoms with Crippen LogP contribution in [0, 0.1) is 12.8 Å². The molecule has 4 rings (SSSR count). The van der Waals surface area contributed by atoms with E-state index in [2.05, 4.69) is 10.6 Å². The normalized spacial score (nSPS) is 20.6. The van der Waals surface area contributed by atoms with Crippen molar-refractivity contribution in [2.24, 2.45) is 5.92 Å². The lowest BCUT2D eigenvalue weighted by molar-refractivity contribution is -0.123. The maximum Gasteiger partial charge on any atom is 0.265 e. The molecule has 0 saturated carbocycles. The van der Waals surface area contributed by atoms with Gasteiger partial charge in [-0.1, -0.05) is 19.1 Å². The summed E-state index contributed by atoms with van der Waals surface area (Å²) in [5.41, 5.74) is 1.50. The molecule has 2 aliphatic rings. The van der Waals surface area contributed by atoms with Gasteiger partial charge >= 0.3 is 0 Å². The van der Waals surface area contributed by atoms with Gasteiger partial charge in [-0.25, -0.2) is 8.42 Å².